The van der Waals surface area contributed by atoms with E-state index in [2.05, 4.69) is 21.9 Å². The summed E-state index contributed by atoms with van der Waals surface area (Å²) >= 11 is 0. The van der Waals surface area contributed by atoms with Gasteiger partial charge in [-0.25, -0.2) is 0 Å². The summed E-state index contributed by atoms with van der Waals surface area (Å²) in [5, 5.41) is 8.70. The van der Waals surface area contributed by atoms with E-state index in [1.54, 1.807) is 0 Å². The van der Waals surface area contributed by atoms with Crippen LogP contribution in [0.2, 0.25) is 0 Å². The lowest BCUT2D eigenvalue weighted by Gasteiger charge is -2.34. The van der Waals surface area contributed by atoms with Crippen molar-refractivity contribution in [2.45, 2.75) is 57.5 Å². The van der Waals surface area contributed by atoms with E-state index in [-0.39, 0.29) is 12.3 Å². The molecule has 26 heavy (non-hydrogen) atoms. The maximum Gasteiger partial charge on any atom is 0.303 e. The van der Waals surface area contributed by atoms with E-state index < -0.39 is 5.97 Å². The number of benzene rings is 1. The molecule has 0 bridgehead atoms. The monoisotopic (exact) mass is 358 g/mol. The van der Waals surface area contributed by atoms with Gasteiger partial charge < -0.3 is 14.9 Å². The molecule has 0 spiro atoms. The molecule has 1 aromatic rings. The summed E-state index contributed by atoms with van der Waals surface area (Å²) < 4.78 is 0. The van der Waals surface area contributed by atoms with Gasteiger partial charge in [0.1, 0.15) is 0 Å². The summed E-state index contributed by atoms with van der Waals surface area (Å²) in [7, 11) is 0. The number of carboxylic acids is 1. The number of amides is 1. The van der Waals surface area contributed by atoms with Gasteiger partial charge in [0, 0.05) is 24.9 Å². The lowest BCUT2D eigenvalue weighted by Crippen LogP contribution is -2.43. The average Bonchev–Trinajstić information content (AvgIpc) is 3.49. The van der Waals surface area contributed by atoms with Crippen molar-refractivity contribution in [2.75, 3.05) is 19.6 Å². The van der Waals surface area contributed by atoms with Gasteiger partial charge in [-0.3, -0.25) is 9.59 Å². The number of hydrogen-bond donors (Lipinski definition) is 1. The number of piperidine rings is 1. The van der Waals surface area contributed by atoms with E-state index in [1.165, 1.54) is 5.56 Å². The smallest absolute Gasteiger partial charge is 0.303 e. The summed E-state index contributed by atoms with van der Waals surface area (Å²) in [5.41, 5.74) is 1.21. The van der Waals surface area contributed by atoms with Gasteiger partial charge in [0.25, 0.3) is 0 Å². The topological polar surface area (TPSA) is 60.9 Å². The summed E-state index contributed by atoms with van der Waals surface area (Å²) in [4.78, 5) is 28.1. The highest BCUT2D eigenvalue weighted by Crippen LogP contribution is 2.31. The molecule has 1 N–H and O–H groups in total. The molecule has 0 aromatic heterocycles. The van der Waals surface area contributed by atoms with Crippen LogP contribution in [0.3, 0.4) is 0 Å². The van der Waals surface area contributed by atoms with Crippen LogP contribution in [-0.4, -0.2) is 52.5 Å². The summed E-state index contributed by atoms with van der Waals surface area (Å²) in [6, 6.07) is 10.7. The zero-order valence-corrected chi connectivity index (χ0v) is 15.5. The van der Waals surface area contributed by atoms with Crippen molar-refractivity contribution in [3.63, 3.8) is 0 Å². The Morgan fingerprint density at radius 3 is 2.35 bits per heavy atom. The molecule has 1 heterocycles. The Morgan fingerprint density at radius 2 is 1.73 bits per heavy atom. The molecule has 2 fully saturated rings. The first kappa shape index (κ1) is 18.9. The number of carbonyl (C=O) groups excluding carboxylic acids is 1. The molecule has 1 aliphatic carbocycles. The maximum absolute atomic E-state index is 13.1. The maximum atomic E-state index is 13.1. The number of carbonyl (C=O) groups is 2. The van der Waals surface area contributed by atoms with Crippen molar-refractivity contribution in [3.05, 3.63) is 35.9 Å². The second kappa shape index (κ2) is 9.17. The van der Waals surface area contributed by atoms with Crippen LogP contribution in [-0.2, 0) is 16.1 Å². The molecule has 1 saturated carbocycles. The first-order valence-corrected chi connectivity index (χ1v) is 9.92. The molecule has 2 aliphatic rings. The van der Waals surface area contributed by atoms with Crippen molar-refractivity contribution in [1.82, 2.24) is 9.80 Å². The SMILES string of the molecule is O=C(O)CCCCN1CCC(C(=O)N(Cc2ccccc2)C2CC2)CC1. The minimum atomic E-state index is -0.715. The highest BCUT2D eigenvalue weighted by molar-refractivity contribution is 5.79. The van der Waals surface area contributed by atoms with E-state index in [1.807, 2.05) is 18.2 Å². The predicted octanol–water partition coefficient (Wildman–Crippen LogP) is 3.14. The first-order chi connectivity index (χ1) is 12.6. The molecule has 1 amide bonds. The van der Waals surface area contributed by atoms with E-state index in [9.17, 15) is 9.59 Å². The molecule has 5 nitrogen and oxygen atoms in total. The van der Waals surface area contributed by atoms with Gasteiger partial charge in [-0.1, -0.05) is 30.3 Å². The standard InChI is InChI=1S/C21H30N2O3/c24-20(25)8-4-5-13-22-14-11-18(12-15-22)21(26)23(19-9-10-19)16-17-6-2-1-3-7-17/h1-3,6-7,18-19H,4-5,8-16H2,(H,24,25). The fourth-order valence-electron chi connectivity index (χ4n) is 3.80. The van der Waals surface area contributed by atoms with Crippen LogP contribution in [0.5, 0.6) is 0 Å². The fourth-order valence-corrected chi connectivity index (χ4v) is 3.80. The number of aliphatic carboxylic acids is 1. The van der Waals surface area contributed by atoms with Gasteiger partial charge in [-0.2, -0.15) is 0 Å². The molecule has 0 unspecified atom stereocenters. The number of hydrogen-bond acceptors (Lipinski definition) is 3. The van der Waals surface area contributed by atoms with Crippen LogP contribution >= 0.6 is 0 Å². The lowest BCUT2D eigenvalue weighted by atomic mass is 9.94. The lowest BCUT2D eigenvalue weighted by molar-refractivity contribution is -0.139. The second-order valence-electron chi connectivity index (χ2n) is 7.65. The number of nitrogens with zero attached hydrogens (tertiary/aromatic N) is 2. The van der Waals surface area contributed by atoms with Crippen molar-refractivity contribution in [2.24, 2.45) is 5.92 Å². The van der Waals surface area contributed by atoms with Crippen LogP contribution < -0.4 is 0 Å². The van der Waals surface area contributed by atoms with Gasteiger partial charge in [0.15, 0.2) is 0 Å². The third kappa shape index (κ3) is 5.56. The van der Waals surface area contributed by atoms with E-state index >= 15 is 0 Å². The molecule has 142 valence electrons. The van der Waals surface area contributed by atoms with Crippen molar-refractivity contribution < 1.29 is 14.7 Å². The number of carboxylic acid groups (broad SMARTS) is 1. The Balaban J connectivity index is 1.45. The van der Waals surface area contributed by atoms with Crippen molar-refractivity contribution in [3.8, 4) is 0 Å². The summed E-state index contributed by atoms with van der Waals surface area (Å²) in [6.07, 6.45) is 6.05. The van der Waals surface area contributed by atoms with Crippen LogP contribution in [0, 0.1) is 5.92 Å². The minimum Gasteiger partial charge on any atom is -0.481 e. The minimum absolute atomic E-state index is 0.148. The van der Waals surface area contributed by atoms with Gasteiger partial charge in [-0.05, 0) is 63.7 Å². The van der Waals surface area contributed by atoms with Crippen LogP contribution in [0.25, 0.3) is 0 Å². The Morgan fingerprint density at radius 1 is 1.04 bits per heavy atom. The predicted molar refractivity (Wildman–Crippen MR) is 101 cm³/mol. The third-order valence-corrected chi connectivity index (χ3v) is 5.52. The molecular formula is C21H30N2O3. The van der Waals surface area contributed by atoms with Crippen LogP contribution in [0.1, 0.15) is 50.5 Å². The number of rotatable bonds is 9. The molecule has 0 atom stereocenters. The van der Waals surface area contributed by atoms with Crippen molar-refractivity contribution in [1.29, 1.82) is 0 Å². The van der Waals surface area contributed by atoms with E-state index in [0.29, 0.717) is 11.9 Å². The second-order valence-corrected chi connectivity index (χ2v) is 7.65. The first-order valence-electron chi connectivity index (χ1n) is 9.92. The molecule has 5 heteroatoms. The van der Waals surface area contributed by atoms with Crippen molar-refractivity contribution >= 4 is 11.9 Å². The normalized spacial score (nSPS) is 18.6. The quantitative estimate of drug-likeness (QED) is 0.689. The molecule has 1 saturated heterocycles. The van der Waals surface area contributed by atoms with Gasteiger partial charge >= 0.3 is 5.97 Å². The van der Waals surface area contributed by atoms with Crippen LogP contribution in [0.4, 0.5) is 0 Å². The van der Waals surface area contributed by atoms with Crippen LogP contribution in [0.15, 0.2) is 30.3 Å². The number of unbranched alkanes of at least 4 members (excludes halogenated alkanes) is 1. The van der Waals surface area contributed by atoms with E-state index in [0.717, 1.165) is 64.7 Å². The zero-order valence-electron chi connectivity index (χ0n) is 15.5. The third-order valence-electron chi connectivity index (χ3n) is 5.52. The zero-order chi connectivity index (χ0) is 18.4. The molecule has 1 aliphatic heterocycles. The molecule has 1 aromatic carbocycles. The largest absolute Gasteiger partial charge is 0.481 e. The fraction of sp³-hybridized carbons (Fsp3) is 0.619. The Kier molecular flexibility index (Phi) is 6.67. The van der Waals surface area contributed by atoms with Gasteiger partial charge in [-0.15, -0.1) is 0 Å². The van der Waals surface area contributed by atoms with Gasteiger partial charge in [0.2, 0.25) is 5.91 Å². The summed E-state index contributed by atoms with van der Waals surface area (Å²) in [5.74, 6) is -0.232. The average molecular weight is 358 g/mol. The molecular weight excluding hydrogens is 328 g/mol. The van der Waals surface area contributed by atoms with E-state index in [4.69, 9.17) is 5.11 Å². The Labute approximate surface area is 156 Å². The number of likely N-dealkylation sites (tertiary alicyclic amines) is 1. The summed E-state index contributed by atoms with van der Waals surface area (Å²) in [6.45, 7) is 3.59. The van der Waals surface area contributed by atoms with Gasteiger partial charge in [0.05, 0.1) is 0 Å². The Bertz CT molecular complexity index is 593. The molecule has 0 radical (unpaired) electrons. The highest BCUT2D eigenvalue weighted by Gasteiger charge is 2.36. The Hall–Kier alpha value is -1.88. The molecule has 3 rings (SSSR count). The highest BCUT2D eigenvalue weighted by atomic mass is 16.4.